The van der Waals surface area contributed by atoms with Gasteiger partial charge in [-0.1, -0.05) is 17.3 Å². The number of aromatic nitrogens is 3. The van der Waals surface area contributed by atoms with Crippen LogP contribution in [0.4, 0.5) is 0 Å². The first kappa shape index (κ1) is 17.3. The Morgan fingerprint density at radius 3 is 3.07 bits per heavy atom. The fourth-order valence-electron chi connectivity index (χ4n) is 3.66. The van der Waals surface area contributed by atoms with Gasteiger partial charge in [-0.25, -0.2) is 0 Å². The highest BCUT2D eigenvalue weighted by Gasteiger charge is 2.33. The highest BCUT2D eigenvalue weighted by atomic mass is 16.5. The summed E-state index contributed by atoms with van der Waals surface area (Å²) in [5.41, 5.74) is 3.53. The third kappa shape index (κ3) is 3.45. The van der Waals surface area contributed by atoms with Crippen molar-refractivity contribution < 1.29 is 14.1 Å². The molecule has 3 heterocycles. The van der Waals surface area contributed by atoms with Gasteiger partial charge >= 0.3 is 0 Å². The molecule has 1 atom stereocenters. The monoisotopic (exact) mass is 366 g/mol. The second-order valence-corrected chi connectivity index (χ2v) is 6.80. The number of H-pyrrole nitrogens is 1. The van der Waals surface area contributed by atoms with Gasteiger partial charge in [-0.2, -0.15) is 5.10 Å². The largest absolute Gasteiger partial charge is 0.497 e. The summed E-state index contributed by atoms with van der Waals surface area (Å²) >= 11 is 0. The quantitative estimate of drug-likeness (QED) is 0.749. The maximum atomic E-state index is 13.0. The van der Waals surface area contributed by atoms with Crippen LogP contribution in [0.3, 0.4) is 0 Å². The molecule has 1 aromatic carbocycles. The summed E-state index contributed by atoms with van der Waals surface area (Å²) in [5.74, 6) is 1.53. The second kappa shape index (κ2) is 7.26. The van der Waals surface area contributed by atoms with Gasteiger partial charge in [0.2, 0.25) is 5.91 Å². The number of likely N-dealkylation sites (tertiary alicyclic amines) is 1. The number of carbonyl (C=O) groups is 1. The van der Waals surface area contributed by atoms with E-state index in [1.165, 1.54) is 0 Å². The number of ether oxygens (including phenoxy) is 1. The Labute approximate surface area is 157 Å². The maximum Gasteiger partial charge on any atom is 0.227 e. The first-order valence-corrected chi connectivity index (χ1v) is 9.05. The predicted octanol–water partition coefficient (Wildman–Crippen LogP) is 3.29. The van der Waals surface area contributed by atoms with Crippen molar-refractivity contribution in [2.24, 2.45) is 0 Å². The minimum Gasteiger partial charge on any atom is -0.497 e. The number of aryl methyl sites for hydroxylation is 1. The number of benzene rings is 1. The molecule has 1 aliphatic rings. The minimum absolute atomic E-state index is 0.0361. The molecule has 0 saturated carbocycles. The molecule has 7 nitrogen and oxygen atoms in total. The van der Waals surface area contributed by atoms with E-state index in [1.807, 2.05) is 42.2 Å². The van der Waals surface area contributed by atoms with Crippen molar-refractivity contribution in [1.82, 2.24) is 20.3 Å². The second-order valence-electron chi connectivity index (χ2n) is 6.80. The van der Waals surface area contributed by atoms with Crippen molar-refractivity contribution in [2.75, 3.05) is 13.7 Å². The molecule has 1 fully saturated rings. The highest BCUT2D eigenvalue weighted by molar-refractivity contribution is 5.80. The summed E-state index contributed by atoms with van der Waals surface area (Å²) in [6.07, 6.45) is 3.94. The van der Waals surface area contributed by atoms with Gasteiger partial charge < -0.3 is 14.2 Å². The molecule has 3 aromatic rings. The van der Waals surface area contributed by atoms with Gasteiger partial charge in [-0.15, -0.1) is 0 Å². The molecule has 27 heavy (non-hydrogen) atoms. The maximum absolute atomic E-state index is 13.0. The number of methoxy groups -OCH3 is 1. The Hall–Kier alpha value is -3.09. The van der Waals surface area contributed by atoms with Crippen molar-refractivity contribution >= 4 is 5.91 Å². The summed E-state index contributed by atoms with van der Waals surface area (Å²) in [7, 11) is 1.63. The van der Waals surface area contributed by atoms with Gasteiger partial charge in [0.15, 0.2) is 5.76 Å². The van der Waals surface area contributed by atoms with Crippen LogP contribution in [0.5, 0.6) is 5.75 Å². The molecule has 4 rings (SSSR count). The topological polar surface area (TPSA) is 84.2 Å². The average Bonchev–Trinajstić information content (AvgIpc) is 3.41. The van der Waals surface area contributed by atoms with Crippen LogP contribution < -0.4 is 4.74 Å². The number of amides is 1. The van der Waals surface area contributed by atoms with Crippen LogP contribution in [0, 0.1) is 6.92 Å². The number of hydrogen-bond donors (Lipinski definition) is 1. The van der Waals surface area contributed by atoms with Gasteiger partial charge in [0.1, 0.15) is 5.75 Å². The minimum atomic E-state index is -0.0361. The van der Waals surface area contributed by atoms with E-state index in [4.69, 9.17) is 9.26 Å². The van der Waals surface area contributed by atoms with Crippen LogP contribution in [-0.4, -0.2) is 39.8 Å². The van der Waals surface area contributed by atoms with E-state index in [9.17, 15) is 4.79 Å². The van der Waals surface area contributed by atoms with Gasteiger partial charge in [-0.3, -0.25) is 9.89 Å². The van der Waals surface area contributed by atoms with E-state index >= 15 is 0 Å². The van der Waals surface area contributed by atoms with Gasteiger partial charge in [0.05, 0.1) is 42.7 Å². The third-order valence-electron chi connectivity index (χ3n) is 4.96. The lowest BCUT2D eigenvalue weighted by atomic mass is 10.0. The standard InChI is InChI=1S/C20H22N4O3/c1-13-9-18(27-23-13)16-12-21-22-20(16)17-7-4-8-24(17)19(25)11-14-5-3-6-15(10-14)26-2/h3,5-6,9-10,12,17H,4,7-8,11H2,1-2H3,(H,21,22)/t17-/m0/s1. The Bertz CT molecular complexity index is 946. The molecule has 1 aliphatic heterocycles. The molecule has 2 aromatic heterocycles. The molecule has 0 bridgehead atoms. The first-order valence-electron chi connectivity index (χ1n) is 9.05. The number of nitrogens with zero attached hydrogens (tertiary/aromatic N) is 3. The van der Waals surface area contributed by atoms with Crippen LogP contribution in [0.15, 0.2) is 41.1 Å². The Morgan fingerprint density at radius 2 is 2.30 bits per heavy atom. The SMILES string of the molecule is COc1cccc(CC(=O)N2CCC[C@H]2c2[nH]ncc2-c2cc(C)no2)c1. The number of carbonyl (C=O) groups excluding carboxylic acids is 1. The fraction of sp³-hybridized carbons (Fsp3) is 0.350. The molecule has 1 N–H and O–H groups in total. The summed E-state index contributed by atoms with van der Waals surface area (Å²) in [6, 6.07) is 9.48. The van der Waals surface area contributed by atoms with E-state index in [1.54, 1.807) is 13.3 Å². The average molecular weight is 366 g/mol. The summed E-state index contributed by atoms with van der Waals surface area (Å²) < 4.78 is 10.7. The van der Waals surface area contributed by atoms with Crippen molar-refractivity contribution in [1.29, 1.82) is 0 Å². The lowest BCUT2D eigenvalue weighted by molar-refractivity contribution is -0.131. The molecule has 140 valence electrons. The van der Waals surface area contributed by atoms with E-state index < -0.39 is 0 Å². The predicted molar refractivity (Wildman–Crippen MR) is 99.2 cm³/mol. The van der Waals surface area contributed by atoms with E-state index in [2.05, 4.69) is 15.4 Å². The van der Waals surface area contributed by atoms with Crippen LogP contribution in [0.25, 0.3) is 11.3 Å². The van der Waals surface area contributed by atoms with Gasteiger partial charge in [0, 0.05) is 12.6 Å². The normalized spacial score (nSPS) is 16.7. The van der Waals surface area contributed by atoms with Gasteiger partial charge in [-0.05, 0) is 37.5 Å². The first-order chi connectivity index (χ1) is 13.2. The zero-order chi connectivity index (χ0) is 18.8. The van der Waals surface area contributed by atoms with E-state index in [0.29, 0.717) is 12.2 Å². The molecular formula is C20H22N4O3. The van der Waals surface area contributed by atoms with Crippen molar-refractivity contribution in [3.8, 4) is 17.1 Å². The lowest BCUT2D eigenvalue weighted by Crippen LogP contribution is -2.32. The molecule has 7 heteroatoms. The molecule has 1 saturated heterocycles. The zero-order valence-corrected chi connectivity index (χ0v) is 15.4. The smallest absolute Gasteiger partial charge is 0.227 e. The lowest BCUT2D eigenvalue weighted by Gasteiger charge is -2.24. The molecule has 0 radical (unpaired) electrons. The third-order valence-corrected chi connectivity index (χ3v) is 4.96. The van der Waals surface area contributed by atoms with Crippen molar-refractivity contribution in [2.45, 2.75) is 32.2 Å². The van der Waals surface area contributed by atoms with E-state index in [-0.39, 0.29) is 11.9 Å². The van der Waals surface area contributed by atoms with Crippen LogP contribution >= 0.6 is 0 Å². The molecule has 0 spiro atoms. The summed E-state index contributed by atoms with van der Waals surface area (Å²) in [5, 5.41) is 11.2. The van der Waals surface area contributed by atoms with Crippen LogP contribution in [0.2, 0.25) is 0 Å². The number of rotatable bonds is 5. The Morgan fingerprint density at radius 1 is 1.41 bits per heavy atom. The highest BCUT2D eigenvalue weighted by Crippen LogP contribution is 2.37. The van der Waals surface area contributed by atoms with E-state index in [0.717, 1.165) is 47.7 Å². The van der Waals surface area contributed by atoms with Gasteiger partial charge in [0.25, 0.3) is 0 Å². The number of hydrogen-bond acceptors (Lipinski definition) is 5. The molecular weight excluding hydrogens is 344 g/mol. The van der Waals surface area contributed by atoms with Crippen molar-refractivity contribution in [3.63, 3.8) is 0 Å². The molecule has 0 aliphatic carbocycles. The summed E-state index contributed by atoms with van der Waals surface area (Å²) in [6.45, 7) is 2.62. The Kier molecular flexibility index (Phi) is 4.66. The zero-order valence-electron chi connectivity index (χ0n) is 15.4. The van der Waals surface area contributed by atoms with Crippen LogP contribution in [0.1, 0.15) is 35.8 Å². The summed E-state index contributed by atoms with van der Waals surface area (Å²) in [4.78, 5) is 14.9. The van der Waals surface area contributed by atoms with Crippen molar-refractivity contribution in [3.05, 3.63) is 53.5 Å². The molecule has 1 amide bonds. The molecule has 0 unspecified atom stereocenters. The fourth-order valence-corrected chi connectivity index (χ4v) is 3.66. The van der Waals surface area contributed by atoms with Crippen LogP contribution in [-0.2, 0) is 11.2 Å². The number of nitrogens with one attached hydrogen (secondary N) is 1. The number of aromatic amines is 1. The Balaban J connectivity index is 1.56.